The molecule has 3 aromatic carbocycles. The van der Waals surface area contributed by atoms with Crippen LogP contribution >= 0.6 is 11.6 Å². The van der Waals surface area contributed by atoms with Crippen molar-refractivity contribution in [1.29, 1.82) is 0 Å². The predicted molar refractivity (Wildman–Crippen MR) is 126 cm³/mol. The normalized spacial score (nSPS) is 13.1. The smallest absolute Gasteiger partial charge is 0.255 e. The molecule has 3 N–H and O–H groups in total. The molecular weight excluding hydrogens is 410 g/mol. The molecule has 1 heterocycles. The summed E-state index contributed by atoms with van der Waals surface area (Å²) in [5, 5.41) is 18.3. The van der Waals surface area contributed by atoms with E-state index in [1.807, 2.05) is 61.8 Å². The van der Waals surface area contributed by atoms with E-state index in [4.69, 9.17) is 11.6 Å². The van der Waals surface area contributed by atoms with E-state index < -0.39 is 6.10 Å². The largest absolute Gasteiger partial charge is 0.389 e. The Balaban J connectivity index is 1.66. The first-order valence-electron chi connectivity index (χ1n) is 10.1. The van der Waals surface area contributed by atoms with Crippen LogP contribution in [0.15, 0.2) is 85.1 Å². The van der Waals surface area contributed by atoms with Crippen molar-refractivity contribution in [3.05, 3.63) is 101 Å². The number of carbonyl (C=O) groups is 1. The van der Waals surface area contributed by atoms with Gasteiger partial charge < -0.3 is 20.3 Å². The van der Waals surface area contributed by atoms with Crippen molar-refractivity contribution in [1.82, 2.24) is 9.88 Å². The molecule has 5 nitrogen and oxygen atoms in total. The van der Waals surface area contributed by atoms with E-state index >= 15 is 0 Å². The van der Waals surface area contributed by atoms with Crippen LogP contribution < -0.4 is 10.6 Å². The SMILES string of the molecule is CNC[C@H](O)[C@H](c1ccccc1)n1ccc2cc(C(=O)Nc3cccc(Cl)c3)ccc21. The summed E-state index contributed by atoms with van der Waals surface area (Å²) in [6.45, 7) is 0.458. The van der Waals surface area contributed by atoms with Gasteiger partial charge in [-0.2, -0.15) is 0 Å². The van der Waals surface area contributed by atoms with Gasteiger partial charge in [-0.15, -0.1) is 0 Å². The molecule has 0 aliphatic rings. The summed E-state index contributed by atoms with van der Waals surface area (Å²) in [4.78, 5) is 12.7. The number of benzene rings is 3. The third-order valence-corrected chi connectivity index (χ3v) is 5.52. The van der Waals surface area contributed by atoms with Crippen LogP contribution in [-0.2, 0) is 0 Å². The molecular formula is C25H24ClN3O2. The van der Waals surface area contributed by atoms with Crippen LogP contribution in [0.5, 0.6) is 0 Å². The molecule has 0 spiro atoms. The Labute approximate surface area is 186 Å². The Morgan fingerprint density at radius 3 is 2.58 bits per heavy atom. The highest BCUT2D eigenvalue weighted by atomic mass is 35.5. The molecule has 1 aromatic heterocycles. The van der Waals surface area contributed by atoms with Gasteiger partial charge in [0.2, 0.25) is 0 Å². The fraction of sp³-hybridized carbons (Fsp3) is 0.160. The molecule has 4 aromatic rings. The molecule has 0 saturated carbocycles. The summed E-state index contributed by atoms with van der Waals surface area (Å²) >= 11 is 6.00. The number of halogens is 1. The van der Waals surface area contributed by atoms with Crippen LogP contribution in [0, 0.1) is 0 Å². The minimum Gasteiger partial charge on any atom is -0.389 e. The number of rotatable bonds is 7. The maximum atomic E-state index is 12.7. The van der Waals surface area contributed by atoms with Crippen LogP contribution in [0.1, 0.15) is 22.0 Å². The summed E-state index contributed by atoms with van der Waals surface area (Å²) < 4.78 is 2.06. The lowest BCUT2D eigenvalue weighted by Gasteiger charge is -2.26. The first-order chi connectivity index (χ1) is 15.1. The van der Waals surface area contributed by atoms with E-state index in [1.165, 1.54) is 0 Å². The number of likely N-dealkylation sites (N-methyl/N-ethyl adjacent to an activating group) is 1. The second-order valence-corrected chi connectivity index (χ2v) is 7.88. The van der Waals surface area contributed by atoms with Gasteiger partial charge in [-0.25, -0.2) is 0 Å². The second kappa shape index (κ2) is 9.35. The summed E-state index contributed by atoms with van der Waals surface area (Å²) in [6, 6.07) is 24.3. The monoisotopic (exact) mass is 433 g/mol. The van der Waals surface area contributed by atoms with E-state index in [9.17, 15) is 9.90 Å². The highest BCUT2D eigenvalue weighted by Crippen LogP contribution is 2.29. The molecule has 0 unspecified atom stereocenters. The number of amides is 1. The van der Waals surface area contributed by atoms with Gasteiger partial charge in [-0.3, -0.25) is 4.79 Å². The zero-order valence-electron chi connectivity index (χ0n) is 17.1. The van der Waals surface area contributed by atoms with Crippen LogP contribution in [-0.4, -0.2) is 35.3 Å². The van der Waals surface area contributed by atoms with Gasteiger partial charge in [0, 0.05) is 39.9 Å². The fourth-order valence-electron chi connectivity index (χ4n) is 3.86. The molecule has 0 bridgehead atoms. The van der Waals surface area contributed by atoms with Crippen LogP contribution in [0.2, 0.25) is 5.02 Å². The Bertz CT molecular complexity index is 1190. The minimum absolute atomic E-state index is 0.202. The molecule has 0 radical (unpaired) electrons. The molecule has 0 fully saturated rings. The van der Waals surface area contributed by atoms with Gasteiger partial charge in [0.05, 0.1) is 12.1 Å². The maximum absolute atomic E-state index is 12.7. The summed E-state index contributed by atoms with van der Waals surface area (Å²) in [5.74, 6) is -0.202. The number of aliphatic hydroxyl groups is 1. The van der Waals surface area contributed by atoms with Gasteiger partial charge in [0.1, 0.15) is 0 Å². The van der Waals surface area contributed by atoms with Crippen molar-refractivity contribution in [2.24, 2.45) is 0 Å². The third kappa shape index (κ3) is 4.64. The minimum atomic E-state index is -0.617. The highest BCUT2D eigenvalue weighted by molar-refractivity contribution is 6.31. The molecule has 2 atom stereocenters. The summed E-state index contributed by atoms with van der Waals surface area (Å²) in [5.41, 5.74) is 3.17. The molecule has 4 rings (SSSR count). The van der Waals surface area contributed by atoms with E-state index in [2.05, 4.69) is 15.2 Å². The second-order valence-electron chi connectivity index (χ2n) is 7.44. The van der Waals surface area contributed by atoms with Crippen LogP contribution in [0.25, 0.3) is 10.9 Å². The molecule has 6 heteroatoms. The molecule has 0 aliphatic heterocycles. The number of fused-ring (bicyclic) bond motifs is 1. The zero-order chi connectivity index (χ0) is 21.8. The Hall–Kier alpha value is -3.12. The van der Waals surface area contributed by atoms with Gasteiger partial charge >= 0.3 is 0 Å². The third-order valence-electron chi connectivity index (χ3n) is 5.28. The van der Waals surface area contributed by atoms with Crippen molar-refractivity contribution < 1.29 is 9.90 Å². The number of anilines is 1. The van der Waals surface area contributed by atoms with E-state index in [-0.39, 0.29) is 11.9 Å². The van der Waals surface area contributed by atoms with E-state index in [1.54, 1.807) is 30.3 Å². The zero-order valence-corrected chi connectivity index (χ0v) is 17.9. The first kappa shape index (κ1) is 21.1. The van der Waals surface area contributed by atoms with Crippen molar-refractivity contribution in [2.75, 3.05) is 18.9 Å². The highest BCUT2D eigenvalue weighted by Gasteiger charge is 2.23. The molecule has 158 valence electrons. The van der Waals surface area contributed by atoms with Crippen LogP contribution in [0.3, 0.4) is 0 Å². The van der Waals surface area contributed by atoms with Gasteiger partial charge in [0.25, 0.3) is 5.91 Å². The van der Waals surface area contributed by atoms with Crippen molar-refractivity contribution in [2.45, 2.75) is 12.1 Å². The van der Waals surface area contributed by atoms with Crippen molar-refractivity contribution in [3.63, 3.8) is 0 Å². The van der Waals surface area contributed by atoms with E-state index in [0.29, 0.717) is 22.8 Å². The standard InChI is InChI=1S/C25H24ClN3O2/c1-27-16-23(30)24(17-6-3-2-4-7-17)29-13-12-18-14-19(10-11-22(18)29)25(31)28-21-9-5-8-20(26)15-21/h2-15,23-24,27,30H,16H2,1H3,(H,28,31)/t23-,24-/m0/s1. The van der Waals surface area contributed by atoms with Crippen molar-refractivity contribution in [3.8, 4) is 0 Å². The lowest BCUT2D eigenvalue weighted by Crippen LogP contribution is -2.33. The summed E-state index contributed by atoms with van der Waals surface area (Å²) in [6.07, 6.45) is 1.34. The number of nitrogens with one attached hydrogen (secondary N) is 2. The Morgan fingerprint density at radius 2 is 1.84 bits per heavy atom. The molecule has 0 saturated heterocycles. The quantitative estimate of drug-likeness (QED) is 0.395. The first-order valence-corrected chi connectivity index (χ1v) is 10.5. The number of aliphatic hydroxyl groups excluding tert-OH is 1. The number of aromatic nitrogens is 1. The molecule has 0 aliphatic carbocycles. The Morgan fingerprint density at radius 1 is 1.03 bits per heavy atom. The van der Waals surface area contributed by atoms with Gasteiger partial charge in [-0.05, 0) is 55.1 Å². The lowest BCUT2D eigenvalue weighted by molar-refractivity contribution is 0.102. The number of hydrogen-bond acceptors (Lipinski definition) is 3. The predicted octanol–water partition coefficient (Wildman–Crippen LogP) is 4.72. The number of carbonyl (C=O) groups excluding carboxylic acids is 1. The number of nitrogens with zero attached hydrogens (tertiary/aromatic N) is 1. The maximum Gasteiger partial charge on any atom is 0.255 e. The average molecular weight is 434 g/mol. The topological polar surface area (TPSA) is 66.3 Å². The number of hydrogen-bond donors (Lipinski definition) is 3. The molecule has 31 heavy (non-hydrogen) atoms. The van der Waals surface area contributed by atoms with E-state index in [0.717, 1.165) is 16.5 Å². The van der Waals surface area contributed by atoms with Gasteiger partial charge in [-0.1, -0.05) is 48.0 Å². The van der Waals surface area contributed by atoms with Crippen LogP contribution in [0.4, 0.5) is 5.69 Å². The lowest BCUT2D eigenvalue weighted by atomic mass is 10.0. The average Bonchev–Trinajstić information content (AvgIpc) is 3.18. The Kier molecular flexibility index (Phi) is 6.37. The summed E-state index contributed by atoms with van der Waals surface area (Å²) in [7, 11) is 1.82. The molecule has 1 amide bonds. The van der Waals surface area contributed by atoms with Crippen molar-refractivity contribution >= 4 is 34.1 Å². The fourth-order valence-corrected chi connectivity index (χ4v) is 4.05. The van der Waals surface area contributed by atoms with Gasteiger partial charge in [0.15, 0.2) is 0 Å².